The second kappa shape index (κ2) is 9.94. The molecule has 4 N–H and O–H groups in total. The van der Waals surface area contributed by atoms with E-state index in [0.29, 0.717) is 48.0 Å². The molecule has 3 aromatic rings. The van der Waals surface area contributed by atoms with Gasteiger partial charge in [0.05, 0.1) is 18.6 Å². The Labute approximate surface area is 195 Å². The van der Waals surface area contributed by atoms with Gasteiger partial charge >= 0.3 is 0 Å². The number of nitrogens with zero attached hydrogens (tertiary/aromatic N) is 6. The lowest BCUT2D eigenvalue weighted by Gasteiger charge is -2.16. The van der Waals surface area contributed by atoms with E-state index in [1.54, 1.807) is 6.20 Å². The number of imidazole rings is 1. The molecule has 0 radical (unpaired) electrons. The average Bonchev–Trinajstić information content (AvgIpc) is 3.52. The minimum Gasteiger partial charge on any atom is -0.489 e. The number of aliphatic hydroxyl groups is 1. The van der Waals surface area contributed by atoms with E-state index in [0.717, 1.165) is 13.0 Å². The number of fused-ring (bicyclic) bond motifs is 1. The van der Waals surface area contributed by atoms with Gasteiger partial charge < -0.3 is 25.0 Å². The summed E-state index contributed by atoms with van der Waals surface area (Å²) in [4.78, 5) is 11.0. The van der Waals surface area contributed by atoms with Gasteiger partial charge in [0.25, 0.3) is 10.1 Å². The highest BCUT2D eigenvalue weighted by atomic mass is 32.2. The van der Waals surface area contributed by atoms with Crippen molar-refractivity contribution in [2.75, 3.05) is 44.3 Å². The zero-order chi connectivity index (χ0) is 24.3. The monoisotopic (exact) mass is 491 g/mol. The van der Waals surface area contributed by atoms with Crippen LogP contribution in [0.4, 0.5) is 5.82 Å². The fraction of sp³-hybridized carbons (Fsp3) is 0.500. The molecule has 13 nitrogen and oxygen atoms in total. The topological polar surface area (TPSA) is 183 Å². The third-order valence-electron chi connectivity index (χ3n) is 5.57. The van der Waals surface area contributed by atoms with Gasteiger partial charge in [-0.25, -0.2) is 14.6 Å². The van der Waals surface area contributed by atoms with Crippen molar-refractivity contribution in [3.8, 4) is 29.1 Å². The molecular formula is C20H25N7O6S. The van der Waals surface area contributed by atoms with Crippen molar-refractivity contribution in [3.05, 3.63) is 11.9 Å². The largest absolute Gasteiger partial charge is 0.489 e. The smallest absolute Gasteiger partial charge is 0.266 e. The Balaban J connectivity index is 1.62. The van der Waals surface area contributed by atoms with Crippen LogP contribution in [0.3, 0.4) is 0 Å². The van der Waals surface area contributed by atoms with E-state index in [9.17, 15) is 8.42 Å². The van der Waals surface area contributed by atoms with Crippen molar-refractivity contribution in [2.45, 2.75) is 19.9 Å². The van der Waals surface area contributed by atoms with Gasteiger partial charge in [0.2, 0.25) is 0 Å². The molecule has 0 saturated carbocycles. The second-order valence-electron chi connectivity index (χ2n) is 7.86. The van der Waals surface area contributed by atoms with Gasteiger partial charge in [-0.2, -0.15) is 8.42 Å². The molecule has 182 valence electrons. The number of aromatic nitrogens is 5. The van der Waals surface area contributed by atoms with E-state index in [2.05, 4.69) is 32.1 Å². The highest BCUT2D eigenvalue weighted by molar-refractivity contribution is 7.85. The molecule has 1 aliphatic rings. The zero-order valence-electron chi connectivity index (χ0n) is 18.5. The Bertz CT molecular complexity index is 1340. The molecule has 4 rings (SSSR count). The van der Waals surface area contributed by atoms with Gasteiger partial charge in [-0.1, -0.05) is 5.92 Å². The molecule has 1 fully saturated rings. The van der Waals surface area contributed by atoms with E-state index >= 15 is 0 Å². The molecule has 1 saturated heterocycles. The first-order valence-corrected chi connectivity index (χ1v) is 12.3. The number of ether oxygens (including phenoxy) is 1. The molecule has 0 amide bonds. The maximum Gasteiger partial charge on any atom is 0.266 e. The van der Waals surface area contributed by atoms with Crippen LogP contribution in [0, 0.1) is 17.8 Å². The highest BCUT2D eigenvalue weighted by Gasteiger charge is 2.26. The number of aryl methyl sites for hydroxylation is 1. The van der Waals surface area contributed by atoms with Gasteiger partial charge in [-0.05, 0) is 36.1 Å². The van der Waals surface area contributed by atoms with Crippen molar-refractivity contribution in [3.63, 3.8) is 0 Å². The molecule has 1 unspecified atom stereocenters. The number of hydrogen-bond acceptors (Lipinski definition) is 11. The van der Waals surface area contributed by atoms with E-state index < -0.39 is 10.1 Å². The van der Waals surface area contributed by atoms with Crippen molar-refractivity contribution in [1.82, 2.24) is 29.7 Å². The first-order valence-electron chi connectivity index (χ1n) is 10.7. The van der Waals surface area contributed by atoms with Gasteiger partial charge in [-0.3, -0.25) is 4.55 Å². The number of aliphatic hydroxyl groups excluding tert-OH is 1. The van der Waals surface area contributed by atoms with Crippen LogP contribution in [-0.4, -0.2) is 86.4 Å². The van der Waals surface area contributed by atoms with E-state index in [1.807, 2.05) is 16.4 Å². The predicted molar refractivity (Wildman–Crippen MR) is 121 cm³/mol. The lowest BCUT2D eigenvalue weighted by Crippen LogP contribution is -2.28. The summed E-state index contributed by atoms with van der Waals surface area (Å²) >= 11 is 0. The third-order valence-corrected chi connectivity index (χ3v) is 6.27. The summed E-state index contributed by atoms with van der Waals surface area (Å²) in [6.45, 7) is 4.17. The molecule has 14 heteroatoms. The Morgan fingerprint density at radius 2 is 2.21 bits per heavy atom. The van der Waals surface area contributed by atoms with Crippen molar-refractivity contribution in [1.29, 1.82) is 0 Å². The van der Waals surface area contributed by atoms with Gasteiger partial charge in [0.15, 0.2) is 23.1 Å². The summed E-state index contributed by atoms with van der Waals surface area (Å²) in [5.41, 5.74) is 7.68. The molecular weight excluding hydrogens is 466 g/mol. The van der Waals surface area contributed by atoms with Crippen molar-refractivity contribution < 1.29 is 27.4 Å². The molecule has 34 heavy (non-hydrogen) atoms. The number of nitrogens with two attached hydrogens (primary N) is 1. The Morgan fingerprint density at radius 3 is 2.88 bits per heavy atom. The number of anilines is 1. The fourth-order valence-electron chi connectivity index (χ4n) is 3.98. The van der Waals surface area contributed by atoms with Crippen LogP contribution in [-0.2, 0) is 16.7 Å². The van der Waals surface area contributed by atoms with Crippen LogP contribution in [0.15, 0.2) is 10.8 Å². The van der Waals surface area contributed by atoms with Crippen molar-refractivity contribution >= 4 is 27.0 Å². The molecule has 0 aromatic carbocycles. The standard InChI is InChI=1S/C20H25N7O6S/c1-2-27-18-15(32-12-13-5-6-26(11-13)7-9-34(29,30)31)10-22-14(4-3-8-28)16(18)23-20(27)17-19(21)25-33-24-17/h10,13,28H,2,5-9,11-12H2,1H3,(H2,21,25)(H,29,30,31). The number of hydrogen-bond donors (Lipinski definition) is 3. The molecule has 4 heterocycles. The third kappa shape index (κ3) is 5.12. The first-order chi connectivity index (χ1) is 16.3. The molecule has 1 atom stereocenters. The van der Waals surface area contributed by atoms with Gasteiger partial charge in [0.1, 0.15) is 23.3 Å². The number of rotatable bonds is 8. The van der Waals surface area contributed by atoms with E-state index in [4.69, 9.17) is 24.8 Å². The normalized spacial score (nSPS) is 16.6. The van der Waals surface area contributed by atoms with Crippen LogP contribution in [0.1, 0.15) is 19.0 Å². The summed E-state index contributed by atoms with van der Waals surface area (Å²) < 4.78 is 43.7. The molecule has 3 aromatic heterocycles. The minimum atomic E-state index is -3.99. The number of pyridine rings is 1. The second-order valence-corrected chi connectivity index (χ2v) is 9.43. The predicted octanol–water partition coefficient (Wildman–Crippen LogP) is 0.0157. The first kappa shape index (κ1) is 23.9. The Kier molecular flexibility index (Phi) is 6.98. The van der Waals surface area contributed by atoms with E-state index in [-0.39, 0.29) is 36.3 Å². The maximum atomic E-state index is 11.0. The zero-order valence-corrected chi connectivity index (χ0v) is 19.3. The SMILES string of the molecule is CCn1c(-c2nonc2N)nc2c(C#CCO)ncc(OCC3CCN(CCS(=O)(=O)O)C3)c21. The summed E-state index contributed by atoms with van der Waals surface area (Å²) in [5, 5.41) is 16.6. The molecule has 0 spiro atoms. The van der Waals surface area contributed by atoms with Crippen LogP contribution in [0.25, 0.3) is 22.6 Å². The van der Waals surface area contributed by atoms with Crippen LogP contribution < -0.4 is 10.5 Å². The number of likely N-dealkylation sites (tertiary alicyclic amines) is 1. The fourth-order valence-corrected chi connectivity index (χ4v) is 4.47. The molecule has 0 bridgehead atoms. The summed E-state index contributed by atoms with van der Waals surface area (Å²) in [6, 6.07) is 0. The number of nitrogen functional groups attached to an aromatic ring is 1. The quantitative estimate of drug-likeness (QED) is 0.284. The van der Waals surface area contributed by atoms with Crippen LogP contribution in [0.2, 0.25) is 0 Å². The Hall–Kier alpha value is -3.25. The lowest BCUT2D eigenvalue weighted by atomic mass is 10.1. The summed E-state index contributed by atoms with van der Waals surface area (Å²) in [6.07, 6.45) is 2.40. The molecule has 1 aliphatic heterocycles. The van der Waals surface area contributed by atoms with E-state index in [1.165, 1.54) is 0 Å². The maximum absolute atomic E-state index is 11.0. The Morgan fingerprint density at radius 1 is 1.38 bits per heavy atom. The van der Waals surface area contributed by atoms with Gasteiger partial charge in [0, 0.05) is 25.6 Å². The summed E-state index contributed by atoms with van der Waals surface area (Å²) in [5.74, 6) is 6.31. The lowest BCUT2D eigenvalue weighted by molar-refractivity contribution is 0.244. The van der Waals surface area contributed by atoms with Crippen LogP contribution >= 0.6 is 0 Å². The molecule has 0 aliphatic carbocycles. The highest BCUT2D eigenvalue weighted by Crippen LogP contribution is 2.33. The minimum absolute atomic E-state index is 0.0966. The average molecular weight is 492 g/mol. The summed E-state index contributed by atoms with van der Waals surface area (Å²) in [7, 11) is -3.99. The van der Waals surface area contributed by atoms with Gasteiger partial charge in [-0.15, -0.1) is 0 Å². The van der Waals surface area contributed by atoms with Crippen LogP contribution in [0.5, 0.6) is 5.75 Å². The van der Waals surface area contributed by atoms with Crippen molar-refractivity contribution in [2.24, 2.45) is 5.92 Å².